The first kappa shape index (κ1) is 18.6. The molecule has 0 radical (unpaired) electrons. The summed E-state index contributed by atoms with van der Waals surface area (Å²) in [4.78, 5) is 17.6. The molecule has 3 aromatic rings. The number of benzene rings is 2. The summed E-state index contributed by atoms with van der Waals surface area (Å²) in [6.45, 7) is 0. The number of nitrogens with one attached hydrogen (secondary N) is 2. The first-order valence-electron chi connectivity index (χ1n) is 9.33. The summed E-state index contributed by atoms with van der Waals surface area (Å²) in [5.41, 5.74) is 1.42. The summed E-state index contributed by atoms with van der Waals surface area (Å²) >= 11 is 1.64. The van der Waals surface area contributed by atoms with Gasteiger partial charge >= 0.3 is 0 Å². The van der Waals surface area contributed by atoms with Gasteiger partial charge in [0.05, 0.1) is 24.4 Å². The van der Waals surface area contributed by atoms with Gasteiger partial charge in [0.1, 0.15) is 17.1 Å². The highest BCUT2D eigenvalue weighted by molar-refractivity contribution is 7.22. The second-order valence-electron chi connectivity index (χ2n) is 6.79. The summed E-state index contributed by atoms with van der Waals surface area (Å²) in [6, 6.07) is 13.6. The summed E-state index contributed by atoms with van der Waals surface area (Å²) in [7, 11) is 3.11. The third-order valence-corrected chi connectivity index (χ3v) is 6.06. The van der Waals surface area contributed by atoms with Crippen LogP contribution in [0.5, 0.6) is 11.5 Å². The monoisotopic (exact) mass is 397 g/mol. The number of aromatic nitrogens is 1. The number of hydrogen-bond acceptors (Lipinski definition) is 6. The van der Waals surface area contributed by atoms with Crippen LogP contribution in [0, 0.1) is 0 Å². The molecule has 0 saturated heterocycles. The number of nitrogens with zero attached hydrogens (tertiary/aromatic N) is 1. The van der Waals surface area contributed by atoms with Crippen LogP contribution in [0.3, 0.4) is 0 Å². The van der Waals surface area contributed by atoms with Crippen LogP contribution in [0.4, 0.5) is 5.13 Å². The van der Waals surface area contributed by atoms with Gasteiger partial charge in [-0.05, 0) is 43.5 Å². The number of carbonyl (C=O) groups is 1. The number of fused-ring (bicyclic) bond motifs is 1. The van der Waals surface area contributed by atoms with Crippen LogP contribution in [0.25, 0.3) is 10.2 Å². The molecule has 28 heavy (non-hydrogen) atoms. The number of carbonyl (C=O) groups excluding carboxylic acids is 1. The van der Waals surface area contributed by atoms with Crippen LogP contribution in [-0.2, 0) is 0 Å². The van der Waals surface area contributed by atoms with Crippen molar-refractivity contribution in [2.75, 3.05) is 19.5 Å². The predicted molar refractivity (Wildman–Crippen MR) is 112 cm³/mol. The molecule has 2 unspecified atom stereocenters. The smallest absolute Gasteiger partial charge is 0.259 e. The number of methoxy groups -OCH3 is 2. The van der Waals surface area contributed by atoms with Crippen molar-refractivity contribution >= 4 is 32.6 Å². The van der Waals surface area contributed by atoms with Gasteiger partial charge in [-0.25, -0.2) is 4.98 Å². The predicted octanol–water partition coefficient (Wildman–Crippen LogP) is 4.08. The van der Waals surface area contributed by atoms with Crippen molar-refractivity contribution < 1.29 is 14.3 Å². The second kappa shape index (κ2) is 8.06. The van der Waals surface area contributed by atoms with Crippen LogP contribution >= 0.6 is 11.3 Å². The second-order valence-corrected chi connectivity index (χ2v) is 7.82. The van der Waals surface area contributed by atoms with E-state index in [0.717, 1.165) is 34.6 Å². The fourth-order valence-electron chi connectivity index (χ4n) is 3.71. The number of para-hydroxylation sites is 1. The van der Waals surface area contributed by atoms with Gasteiger partial charge in [0.25, 0.3) is 5.91 Å². The van der Waals surface area contributed by atoms with Crippen molar-refractivity contribution in [3.05, 3.63) is 48.0 Å². The third-order valence-electron chi connectivity index (χ3n) is 5.09. The van der Waals surface area contributed by atoms with E-state index in [-0.39, 0.29) is 18.0 Å². The van der Waals surface area contributed by atoms with Crippen molar-refractivity contribution in [3.8, 4) is 11.5 Å². The summed E-state index contributed by atoms with van der Waals surface area (Å²) in [6.07, 6.45) is 2.96. The van der Waals surface area contributed by atoms with Crippen LogP contribution < -0.4 is 20.1 Å². The molecular formula is C21H23N3O3S. The molecule has 1 aromatic heterocycles. The Kier molecular flexibility index (Phi) is 5.34. The van der Waals surface area contributed by atoms with E-state index in [4.69, 9.17) is 9.47 Å². The molecule has 1 heterocycles. The fourth-order valence-corrected chi connectivity index (χ4v) is 4.64. The zero-order valence-corrected chi connectivity index (χ0v) is 16.7. The van der Waals surface area contributed by atoms with E-state index in [0.29, 0.717) is 17.1 Å². The van der Waals surface area contributed by atoms with Crippen LogP contribution in [0.2, 0.25) is 0 Å². The molecule has 1 fully saturated rings. The highest BCUT2D eigenvalue weighted by atomic mass is 32.1. The zero-order valence-electron chi connectivity index (χ0n) is 15.9. The molecule has 2 N–H and O–H groups in total. The number of amides is 1. The fraction of sp³-hybridized carbons (Fsp3) is 0.333. The van der Waals surface area contributed by atoms with Crippen molar-refractivity contribution in [2.45, 2.75) is 31.3 Å². The summed E-state index contributed by atoms with van der Waals surface area (Å²) in [5.74, 6) is 0.827. The molecule has 0 spiro atoms. The molecule has 7 heteroatoms. The topological polar surface area (TPSA) is 72.5 Å². The van der Waals surface area contributed by atoms with Gasteiger partial charge < -0.3 is 20.1 Å². The van der Waals surface area contributed by atoms with Crippen molar-refractivity contribution in [2.24, 2.45) is 0 Å². The van der Waals surface area contributed by atoms with Crippen molar-refractivity contribution in [1.82, 2.24) is 10.3 Å². The zero-order chi connectivity index (χ0) is 19.5. The van der Waals surface area contributed by atoms with E-state index < -0.39 is 0 Å². The molecule has 2 aromatic carbocycles. The van der Waals surface area contributed by atoms with Crippen molar-refractivity contribution in [3.63, 3.8) is 0 Å². The Morgan fingerprint density at radius 3 is 2.46 bits per heavy atom. The van der Waals surface area contributed by atoms with E-state index in [2.05, 4.69) is 21.7 Å². The van der Waals surface area contributed by atoms with Crippen LogP contribution in [-0.4, -0.2) is 37.2 Å². The van der Waals surface area contributed by atoms with E-state index in [1.807, 2.05) is 24.3 Å². The maximum Gasteiger partial charge on any atom is 0.259 e. The van der Waals surface area contributed by atoms with Gasteiger partial charge in [0.15, 0.2) is 5.13 Å². The minimum atomic E-state index is -0.183. The molecule has 2 atom stereocenters. The lowest BCUT2D eigenvalue weighted by molar-refractivity contribution is 0.0929. The summed E-state index contributed by atoms with van der Waals surface area (Å²) < 4.78 is 11.9. The largest absolute Gasteiger partial charge is 0.496 e. The van der Waals surface area contributed by atoms with E-state index >= 15 is 0 Å². The average molecular weight is 398 g/mol. The number of anilines is 1. The lowest BCUT2D eigenvalue weighted by Crippen LogP contribution is -2.43. The highest BCUT2D eigenvalue weighted by Crippen LogP contribution is 2.31. The van der Waals surface area contributed by atoms with E-state index in [9.17, 15) is 4.79 Å². The minimum absolute atomic E-state index is 0.0223. The Hall–Kier alpha value is -2.80. The molecule has 0 aliphatic heterocycles. The lowest BCUT2D eigenvalue weighted by atomic mass is 10.1. The molecule has 6 nitrogen and oxygen atoms in total. The molecule has 0 bridgehead atoms. The van der Waals surface area contributed by atoms with Crippen LogP contribution in [0.15, 0.2) is 42.5 Å². The SMILES string of the molecule is COc1cccc(OC)c1C(=O)NC1CCCC1Nc1nc2ccccc2s1. The Labute approximate surface area is 167 Å². The number of rotatable bonds is 6. The number of thiazole rings is 1. The van der Waals surface area contributed by atoms with E-state index in [1.165, 1.54) is 0 Å². The third kappa shape index (κ3) is 3.62. The quantitative estimate of drug-likeness (QED) is 0.656. The van der Waals surface area contributed by atoms with Crippen LogP contribution in [0.1, 0.15) is 29.6 Å². The highest BCUT2D eigenvalue weighted by Gasteiger charge is 2.31. The standard InChI is InChI=1S/C21H23N3O3S/c1-26-16-10-6-11-17(27-2)19(16)20(25)22-13-8-5-9-14(13)23-21-24-15-7-3-4-12-18(15)28-21/h3-4,6-7,10-14H,5,8-9H2,1-2H3,(H,22,25)(H,23,24). The van der Waals surface area contributed by atoms with Gasteiger partial charge in [-0.2, -0.15) is 0 Å². The maximum atomic E-state index is 13.0. The molecule has 1 amide bonds. The lowest BCUT2D eigenvalue weighted by Gasteiger charge is -2.23. The first-order chi connectivity index (χ1) is 13.7. The molecule has 1 aliphatic rings. The molecular weight excluding hydrogens is 374 g/mol. The molecule has 1 saturated carbocycles. The minimum Gasteiger partial charge on any atom is -0.496 e. The Bertz CT molecular complexity index is 933. The van der Waals surface area contributed by atoms with Gasteiger partial charge in [-0.15, -0.1) is 0 Å². The maximum absolute atomic E-state index is 13.0. The van der Waals surface area contributed by atoms with Gasteiger partial charge in [0, 0.05) is 12.1 Å². The first-order valence-corrected chi connectivity index (χ1v) is 10.1. The van der Waals surface area contributed by atoms with Gasteiger partial charge in [-0.1, -0.05) is 29.5 Å². The molecule has 4 rings (SSSR count). The molecule has 146 valence electrons. The van der Waals surface area contributed by atoms with Gasteiger partial charge in [-0.3, -0.25) is 4.79 Å². The summed E-state index contributed by atoms with van der Waals surface area (Å²) in [5, 5.41) is 7.58. The van der Waals surface area contributed by atoms with E-state index in [1.54, 1.807) is 37.7 Å². The molecule has 1 aliphatic carbocycles. The van der Waals surface area contributed by atoms with Crippen molar-refractivity contribution in [1.29, 1.82) is 0 Å². The van der Waals surface area contributed by atoms with Gasteiger partial charge in [0.2, 0.25) is 0 Å². The average Bonchev–Trinajstić information content (AvgIpc) is 3.33. The number of ether oxygens (including phenoxy) is 2. The Balaban J connectivity index is 1.50. The number of hydrogen-bond donors (Lipinski definition) is 2. The normalized spacial score (nSPS) is 18.8. The Morgan fingerprint density at radius 1 is 1.04 bits per heavy atom. The Morgan fingerprint density at radius 2 is 1.75 bits per heavy atom.